The summed E-state index contributed by atoms with van der Waals surface area (Å²) >= 11 is 3.44. The normalized spacial score (nSPS) is 14.0. The summed E-state index contributed by atoms with van der Waals surface area (Å²) in [5.41, 5.74) is 2.09. The first-order chi connectivity index (χ1) is 11.7. The lowest BCUT2D eigenvalue weighted by Gasteiger charge is -2.14. The maximum atomic E-state index is 5.72. The number of benzene rings is 2. The number of anilines is 1. The van der Waals surface area contributed by atoms with E-state index < -0.39 is 0 Å². The third-order valence-corrected chi connectivity index (χ3v) is 4.14. The number of hydrogen-bond donors (Lipinski definition) is 2. The van der Waals surface area contributed by atoms with Crippen LogP contribution in [0.25, 0.3) is 0 Å². The van der Waals surface area contributed by atoms with Gasteiger partial charge in [-0.05, 0) is 29.8 Å². The number of guanidine groups is 1. The van der Waals surface area contributed by atoms with E-state index in [0.29, 0.717) is 25.7 Å². The molecule has 0 fully saturated rings. The molecule has 0 amide bonds. The van der Waals surface area contributed by atoms with Crippen LogP contribution in [-0.4, -0.2) is 26.2 Å². The maximum Gasteiger partial charge on any atom is 0.195 e. The molecule has 0 aromatic heterocycles. The standard InChI is InChI=1S/C18H20BrN3O2/c1-20-18(21-12-13-3-5-14(19)6-4-13)22-15-7-8-16-17(11-15)24-10-2-9-23-16/h3-8,11H,2,9-10,12H2,1H3,(H2,20,21,22). The summed E-state index contributed by atoms with van der Waals surface area (Å²) in [4.78, 5) is 4.26. The SMILES string of the molecule is CN=C(NCc1ccc(Br)cc1)Nc1ccc2c(c1)OCCCO2. The quantitative estimate of drug-likeness (QED) is 0.619. The second-order valence-corrected chi connectivity index (χ2v) is 6.30. The monoisotopic (exact) mass is 389 g/mol. The number of hydrogen-bond acceptors (Lipinski definition) is 3. The summed E-state index contributed by atoms with van der Waals surface area (Å²) in [7, 11) is 1.75. The van der Waals surface area contributed by atoms with Gasteiger partial charge in [0.1, 0.15) is 0 Å². The van der Waals surface area contributed by atoms with E-state index in [-0.39, 0.29) is 0 Å². The molecule has 1 aliphatic rings. The average Bonchev–Trinajstić information content (AvgIpc) is 2.85. The van der Waals surface area contributed by atoms with Crippen LogP contribution >= 0.6 is 15.9 Å². The van der Waals surface area contributed by atoms with Crippen LogP contribution in [0, 0.1) is 0 Å². The number of nitrogens with one attached hydrogen (secondary N) is 2. The van der Waals surface area contributed by atoms with Crippen molar-refractivity contribution in [3.8, 4) is 11.5 Å². The molecule has 0 aliphatic carbocycles. The van der Waals surface area contributed by atoms with Gasteiger partial charge in [0, 0.05) is 36.2 Å². The highest BCUT2D eigenvalue weighted by molar-refractivity contribution is 9.10. The summed E-state index contributed by atoms with van der Waals surface area (Å²) < 4.78 is 12.4. The largest absolute Gasteiger partial charge is 0.490 e. The second kappa shape index (κ2) is 8.06. The third-order valence-electron chi connectivity index (χ3n) is 3.61. The number of fused-ring (bicyclic) bond motifs is 1. The molecule has 1 aliphatic heterocycles. The van der Waals surface area contributed by atoms with Crippen LogP contribution in [0.1, 0.15) is 12.0 Å². The Bertz CT molecular complexity index is 717. The Labute approximate surface area is 150 Å². The molecule has 2 aromatic rings. The van der Waals surface area contributed by atoms with Crippen molar-refractivity contribution in [3.05, 3.63) is 52.5 Å². The number of aliphatic imine (C=N–C) groups is 1. The number of nitrogens with zero attached hydrogens (tertiary/aromatic N) is 1. The van der Waals surface area contributed by atoms with Crippen molar-refractivity contribution in [2.75, 3.05) is 25.6 Å². The van der Waals surface area contributed by atoms with Gasteiger partial charge >= 0.3 is 0 Å². The molecule has 0 unspecified atom stereocenters. The number of rotatable bonds is 3. The van der Waals surface area contributed by atoms with Crippen molar-refractivity contribution in [3.63, 3.8) is 0 Å². The van der Waals surface area contributed by atoms with E-state index in [4.69, 9.17) is 9.47 Å². The third kappa shape index (κ3) is 4.41. The molecular formula is C18H20BrN3O2. The Morgan fingerprint density at radius 1 is 1.08 bits per heavy atom. The molecule has 3 rings (SSSR count). The molecule has 5 nitrogen and oxygen atoms in total. The highest BCUT2D eigenvalue weighted by Crippen LogP contribution is 2.32. The van der Waals surface area contributed by atoms with Gasteiger partial charge in [-0.2, -0.15) is 0 Å². The first-order valence-corrected chi connectivity index (χ1v) is 8.65. The van der Waals surface area contributed by atoms with Crippen molar-refractivity contribution >= 4 is 27.6 Å². The second-order valence-electron chi connectivity index (χ2n) is 5.39. The lowest BCUT2D eigenvalue weighted by molar-refractivity contribution is 0.297. The van der Waals surface area contributed by atoms with Gasteiger partial charge in [-0.15, -0.1) is 0 Å². The molecule has 6 heteroatoms. The zero-order valence-electron chi connectivity index (χ0n) is 13.5. The van der Waals surface area contributed by atoms with E-state index in [1.54, 1.807) is 7.05 Å². The molecule has 2 aromatic carbocycles. The minimum atomic E-state index is 0.674. The van der Waals surface area contributed by atoms with Crippen LogP contribution in [0.15, 0.2) is 51.9 Å². The van der Waals surface area contributed by atoms with Crippen molar-refractivity contribution in [2.45, 2.75) is 13.0 Å². The van der Waals surface area contributed by atoms with Gasteiger partial charge in [-0.25, -0.2) is 0 Å². The Kier molecular flexibility index (Phi) is 5.59. The van der Waals surface area contributed by atoms with E-state index in [9.17, 15) is 0 Å². The Balaban J connectivity index is 1.63. The van der Waals surface area contributed by atoms with Gasteiger partial charge in [-0.1, -0.05) is 28.1 Å². The van der Waals surface area contributed by atoms with E-state index in [2.05, 4.69) is 43.7 Å². The van der Waals surface area contributed by atoms with E-state index >= 15 is 0 Å². The average molecular weight is 390 g/mol. The highest BCUT2D eigenvalue weighted by Gasteiger charge is 2.11. The zero-order valence-corrected chi connectivity index (χ0v) is 15.1. The smallest absolute Gasteiger partial charge is 0.195 e. The molecule has 2 N–H and O–H groups in total. The first kappa shape index (κ1) is 16.6. The Morgan fingerprint density at radius 2 is 1.83 bits per heavy atom. The van der Waals surface area contributed by atoms with Gasteiger partial charge in [0.25, 0.3) is 0 Å². The first-order valence-electron chi connectivity index (χ1n) is 7.86. The molecule has 0 radical (unpaired) electrons. The van der Waals surface area contributed by atoms with E-state index in [1.807, 2.05) is 30.3 Å². The predicted molar refractivity (Wildman–Crippen MR) is 100 cm³/mol. The lowest BCUT2D eigenvalue weighted by atomic mass is 10.2. The van der Waals surface area contributed by atoms with Crippen molar-refractivity contribution in [1.82, 2.24) is 5.32 Å². The van der Waals surface area contributed by atoms with Crippen LogP contribution < -0.4 is 20.1 Å². The van der Waals surface area contributed by atoms with Crippen molar-refractivity contribution in [1.29, 1.82) is 0 Å². The topological polar surface area (TPSA) is 54.9 Å². The molecule has 0 saturated carbocycles. The Morgan fingerprint density at radius 3 is 2.58 bits per heavy atom. The molecule has 0 spiro atoms. The summed E-state index contributed by atoms with van der Waals surface area (Å²) in [6.07, 6.45) is 0.897. The molecule has 1 heterocycles. The van der Waals surface area contributed by atoms with Crippen LogP contribution in [0.3, 0.4) is 0 Å². The lowest BCUT2D eigenvalue weighted by Crippen LogP contribution is -2.30. The molecule has 0 saturated heterocycles. The van der Waals surface area contributed by atoms with Crippen molar-refractivity contribution < 1.29 is 9.47 Å². The van der Waals surface area contributed by atoms with Crippen LogP contribution in [0.4, 0.5) is 5.69 Å². The number of halogens is 1. The van der Waals surface area contributed by atoms with Gasteiger partial charge < -0.3 is 20.1 Å². The summed E-state index contributed by atoms with van der Waals surface area (Å²) in [5, 5.41) is 6.57. The van der Waals surface area contributed by atoms with Crippen LogP contribution in [0.2, 0.25) is 0 Å². The number of ether oxygens (including phenoxy) is 2. The molecular weight excluding hydrogens is 370 g/mol. The van der Waals surface area contributed by atoms with Gasteiger partial charge in [0.15, 0.2) is 17.5 Å². The van der Waals surface area contributed by atoms with Crippen LogP contribution in [-0.2, 0) is 6.54 Å². The van der Waals surface area contributed by atoms with Gasteiger partial charge in [0.05, 0.1) is 13.2 Å². The minimum Gasteiger partial charge on any atom is -0.490 e. The summed E-state index contributed by atoms with van der Waals surface area (Å²) in [6, 6.07) is 14.0. The van der Waals surface area contributed by atoms with Gasteiger partial charge in [-0.3, -0.25) is 4.99 Å². The van der Waals surface area contributed by atoms with Crippen molar-refractivity contribution in [2.24, 2.45) is 4.99 Å². The fraction of sp³-hybridized carbons (Fsp3) is 0.278. The Hall–Kier alpha value is -2.21. The molecule has 0 atom stereocenters. The van der Waals surface area contributed by atoms with Crippen LogP contribution in [0.5, 0.6) is 11.5 Å². The van der Waals surface area contributed by atoms with Gasteiger partial charge in [0.2, 0.25) is 0 Å². The summed E-state index contributed by atoms with van der Waals surface area (Å²) in [6.45, 7) is 2.06. The zero-order chi connectivity index (χ0) is 16.8. The fourth-order valence-electron chi connectivity index (χ4n) is 2.34. The summed E-state index contributed by atoms with van der Waals surface area (Å²) in [5.74, 6) is 2.25. The highest BCUT2D eigenvalue weighted by atomic mass is 79.9. The molecule has 24 heavy (non-hydrogen) atoms. The minimum absolute atomic E-state index is 0.674. The van der Waals surface area contributed by atoms with E-state index in [0.717, 1.165) is 28.1 Å². The fourth-order valence-corrected chi connectivity index (χ4v) is 2.61. The molecule has 0 bridgehead atoms. The predicted octanol–water partition coefficient (Wildman–Crippen LogP) is 3.80. The molecule has 126 valence electrons. The van der Waals surface area contributed by atoms with E-state index in [1.165, 1.54) is 5.56 Å². The maximum absolute atomic E-state index is 5.72.